The number of pyridine rings is 1. The summed E-state index contributed by atoms with van der Waals surface area (Å²) in [5.74, 6) is 1.41. The normalized spacial score (nSPS) is 18.6. The highest BCUT2D eigenvalue weighted by atomic mass is 16.5. The SMILES string of the molecule is Cc1cccc(Nc2cncc(C3CCCN3C(=O)COCCN3CCCC3=O)n2)n1. The molecule has 2 aliphatic rings. The van der Waals surface area contributed by atoms with Gasteiger partial charge >= 0.3 is 0 Å². The van der Waals surface area contributed by atoms with Gasteiger partial charge in [-0.3, -0.25) is 14.6 Å². The Bertz CT molecular complexity index is 937. The van der Waals surface area contributed by atoms with Gasteiger partial charge in [-0.15, -0.1) is 0 Å². The average Bonchev–Trinajstić information content (AvgIpc) is 3.40. The number of hydrogen-bond donors (Lipinski definition) is 1. The Morgan fingerprint density at radius 3 is 2.90 bits per heavy atom. The zero-order valence-electron chi connectivity index (χ0n) is 17.8. The summed E-state index contributed by atoms with van der Waals surface area (Å²) < 4.78 is 5.57. The van der Waals surface area contributed by atoms with E-state index in [-0.39, 0.29) is 24.5 Å². The second-order valence-corrected chi connectivity index (χ2v) is 7.90. The number of nitrogens with zero attached hydrogens (tertiary/aromatic N) is 5. The second kappa shape index (κ2) is 9.82. The lowest BCUT2D eigenvalue weighted by atomic mass is 10.1. The van der Waals surface area contributed by atoms with Crippen molar-refractivity contribution in [3.8, 4) is 0 Å². The van der Waals surface area contributed by atoms with Gasteiger partial charge < -0.3 is 19.9 Å². The molecule has 0 bridgehead atoms. The Kier molecular flexibility index (Phi) is 6.71. The number of nitrogens with one attached hydrogen (secondary N) is 1. The molecule has 0 spiro atoms. The van der Waals surface area contributed by atoms with Gasteiger partial charge in [-0.05, 0) is 38.3 Å². The first-order valence-corrected chi connectivity index (χ1v) is 10.8. The highest BCUT2D eigenvalue weighted by Crippen LogP contribution is 2.31. The van der Waals surface area contributed by atoms with Crippen LogP contribution in [0.4, 0.5) is 11.6 Å². The van der Waals surface area contributed by atoms with E-state index in [0.717, 1.165) is 37.2 Å². The molecule has 4 heterocycles. The zero-order valence-corrected chi connectivity index (χ0v) is 17.8. The summed E-state index contributed by atoms with van der Waals surface area (Å²) in [4.78, 5) is 41.4. The lowest BCUT2D eigenvalue weighted by Crippen LogP contribution is -2.35. The molecular weight excluding hydrogens is 396 g/mol. The van der Waals surface area contributed by atoms with E-state index in [1.807, 2.05) is 30.0 Å². The van der Waals surface area contributed by atoms with Crippen LogP contribution >= 0.6 is 0 Å². The highest BCUT2D eigenvalue weighted by molar-refractivity contribution is 5.78. The van der Waals surface area contributed by atoms with Crippen LogP contribution in [0.2, 0.25) is 0 Å². The minimum atomic E-state index is -0.115. The number of aromatic nitrogens is 3. The van der Waals surface area contributed by atoms with Crippen molar-refractivity contribution in [3.63, 3.8) is 0 Å². The van der Waals surface area contributed by atoms with Gasteiger partial charge in [0.05, 0.1) is 30.7 Å². The lowest BCUT2D eigenvalue weighted by Gasteiger charge is -2.24. The summed E-state index contributed by atoms with van der Waals surface area (Å²) in [5, 5.41) is 3.18. The molecule has 2 aromatic heterocycles. The molecule has 1 atom stereocenters. The molecule has 0 aliphatic carbocycles. The van der Waals surface area contributed by atoms with Gasteiger partial charge in [0.25, 0.3) is 0 Å². The third-order valence-electron chi connectivity index (χ3n) is 5.61. The second-order valence-electron chi connectivity index (χ2n) is 7.90. The smallest absolute Gasteiger partial charge is 0.249 e. The van der Waals surface area contributed by atoms with Crippen molar-refractivity contribution >= 4 is 23.5 Å². The summed E-state index contributed by atoms with van der Waals surface area (Å²) in [6, 6.07) is 5.62. The molecule has 0 radical (unpaired) electrons. The topological polar surface area (TPSA) is 101 Å². The van der Waals surface area contributed by atoms with Crippen molar-refractivity contribution in [1.82, 2.24) is 24.8 Å². The molecule has 2 amide bonds. The predicted molar refractivity (Wildman–Crippen MR) is 115 cm³/mol. The van der Waals surface area contributed by atoms with Gasteiger partial charge in [-0.1, -0.05) is 6.07 Å². The summed E-state index contributed by atoms with van der Waals surface area (Å²) in [6.45, 7) is 4.32. The highest BCUT2D eigenvalue weighted by Gasteiger charge is 2.31. The molecule has 0 saturated carbocycles. The fourth-order valence-corrected chi connectivity index (χ4v) is 4.08. The van der Waals surface area contributed by atoms with Crippen molar-refractivity contribution in [3.05, 3.63) is 42.0 Å². The van der Waals surface area contributed by atoms with Crippen LogP contribution in [0.15, 0.2) is 30.6 Å². The van der Waals surface area contributed by atoms with Gasteiger partial charge in [0.1, 0.15) is 18.2 Å². The maximum Gasteiger partial charge on any atom is 0.249 e. The maximum absolute atomic E-state index is 12.7. The number of hydrogen-bond acceptors (Lipinski definition) is 7. The van der Waals surface area contributed by atoms with E-state index in [0.29, 0.717) is 37.8 Å². The molecule has 31 heavy (non-hydrogen) atoms. The van der Waals surface area contributed by atoms with Gasteiger partial charge in [-0.2, -0.15) is 0 Å². The molecule has 164 valence electrons. The molecular formula is C22H28N6O3. The van der Waals surface area contributed by atoms with Crippen LogP contribution in [-0.4, -0.2) is 69.4 Å². The van der Waals surface area contributed by atoms with E-state index in [2.05, 4.69) is 20.3 Å². The van der Waals surface area contributed by atoms with E-state index in [1.165, 1.54) is 0 Å². The summed E-state index contributed by atoms with van der Waals surface area (Å²) in [5.41, 5.74) is 1.67. The first-order chi connectivity index (χ1) is 15.1. The van der Waals surface area contributed by atoms with Gasteiger partial charge in [-0.25, -0.2) is 9.97 Å². The molecule has 2 saturated heterocycles. The maximum atomic E-state index is 12.7. The van der Waals surface area contributed by atoms with Crippen molar-refractivity contribution in [2.24, 2.45) is 0 Å². The van der Waals surface area contributed by atoms with Crippen LogP contribution in [0, 0.1) is 6.92 Å². The molecule has 9 nitrogen and oxygen atoms in total. The van der Waals surface area contributed by atoms with Crippen LogP contribution in [-0.2, 0) is 14.3 Å². The summed E-state index contributed by atoms with van der Waals surface area (Å²) in [7, 11) is 0. The predicted octanol–water partition coefficient (Wildman–Crippen LogP) is 2.23. The molecule has 1 N–H and O–H groups in total. The van der Waals surface area contributed by atoms with Crippen molar-refractivity contribution in [1.29, 1.82) is 0 Å². The quantitative estimate of drug-likeness (QED) is 0.649. The Morgan fingerprint density at radius 1 is 1.19 bits per heavy atom. The molecule has 2 fully saturated rings. The third-order valence-corrected chi connectivity index (χ3v) is 5.61. The van der Waals surface area contributed by atoms with Crippen LogP contribution in [0.25, 0.3) is 0 Å². The van der Waals surface area contributed by atoms with Crippen molar-refractivity contribution < 1.29 is 14.3 Å². The monoisotopic (exact) mass is 424 g/mol. The number of aryl methyl sites for hydroxylation is 1. The van der Waals surface area contributed by atoms with Crippen molar-refractivity contribution in [2.75, 3.05) is 38.2 Å². The van der Waals surface area contributed by atoms with E-state index in [1.54, 1.807) is 17.3 Å². The molecule has 4 rings (SSSR count). The summed E-state index contributed by atoms with van der Waals surface area (Å²) >= 11 is 0. The van der Waals surface area contributed by atoms with Gasteiger partial charge in [0, 0.05) is 31.7 Å². The molecule has 1 unspecified atom stereocenters. The van der Waals surface area contributed by atoms with E-state index in [4.69, 9.17) is 4.74 Å². The molecule has 2 aromatic rings. The van der Waals surface area contributed by atoms with E-state index >= 15 is 0 Å². The number of carbonyl (C=O) groups excluding carboxylic acids is 2. The van der Waals surface area contributed by atoms with E-state index < -0.39 is 0 Å². The zero-order chi connectivity index (χ0) is 21.6. The van der Waals surface area contributed by atoms with Gasteiger partial charge in [0.15, 0.2) is 0 Å². The number of rotatable bonds is 8. The van der Waals surface area contributed by atoms with Crippen LogP contribution in [0.3, 0.4) is 0 Å². The summed E-state index contributed by atoms with van der Waals surface area (Å²) in [6.07, 6.45) is 6.64. The lowest BCUT2D eigenvalue weighted by molar-refractivity contribution is -0.137. The molecule has 0 aromatic carbocycles. The number of amides is 2. The molecule has 9 heteroatoms. The number of carbonyl (C=O) groups is 2. The Morgan fingerprint density at radius 2 is 2.10 bits per heavy atom. The number of anilines is 2. The Labute approximate surface area is 181 Å². The van der Waals surface area contributed by atoms with Crippen molar-refractivity contribution in [2.45, 2.75) is 38.6 Å². The fraction of sp³-hybridized carbons (Fsp3) is 0.500. The Balaban J connectivity index is 1.33. The van der Waals surface area contributed by atoms with Gasteiger partial charge in [0.2, 0.25) is 11.8 Å². The third kappa shape index (κ3) is 5.35. The minimum Gasteiger partial charge on any atom is -0.370 e. The Hall–Kier alpha value is -3.07. The van der Waals surface area contributed by atoms with Crippen LogP contribution < -0.4 is 5.32 Å². The first-order valence-electron chi connectivity index (χ1n) is 10.8. The first kappa shape index (κ1) is 21.2. The minimum absolute atomic E-state index is 0.0110. The van der Waals surface area contributed by atoms with Crippen LogP contribution in [0.1, 0.15) is 43.1 Å². The average molecular weight is 425 g/mol. The number of likely N-dealkylation sites (tertiary alicyclic amines) is 2. The molecule has 2 aliphatic heterocycles. The fourth-order valence-electron chi connectivity index (χ4n) is 4.08. The van der Waals surface area contributed by atoms with Crippen LogP contribution in [0.5, 0.6) is 0 Å². The standard InChI is InChI=1S/C22H28N6O3/c1-16-5-2-7-19(24-16)26-20-14-23-13-17(25-20)18-6-3-10-28(18)22(30)15-31-12-11-27-9-4-8-21(27)29/h2,5,7,13-14,18H,3-4,6,8-12,15H2,1H3,(H,24,25,26). The van der Waals surface area contributed by atoms with E-state index in [9.17, 15) is 9.59 Å². The number of ether oxygens (including phenoxy) is 1. The largest absolute Gasteiger partial charge is 0.370 e.